The molecule has 0 saturated carbocycles. The molecule has 2 heterocycles. The molecular formula is C16H26F2N2O5. The molecule has 0 aromatic heterocycles. The van der Waals surface area contributed by atoms with Gasteiger partial charge >= 0.3 is 12.1 Å². The van der Waals surface area contributed by atoms with Crippen LogP contribution < -0.4 is 0 Å². The highest BCUT2D eigenvalue weighted by molar-refractivity contribution is 5.76. The first-order valence-electron chi connectivity index (χ1n) is 8.25. The van der Waals surface area contributed by atoms with Gasteiger partial charge < -0.3 is 9.84 Å². The smallest absolute Gasteiger partial charge is 0.407 e. The van der Waals surface area contributed by atoms with Gasteiger partial charge in [-0.15, -0.1) is 0 Å². The predicted molar refractivity (Wildman–Crippen MR) is 84.2 cm³/mol. The topological polar surface area (TPSA) is 79.3 Å². The summed E-state index contributed by atoms with van der Waals surface area (Å²) >= 11 is 0. The van der Waals surface area contributed by atoms with Crippen molar-refractivity contribution in [3.8, 4) is 0 Å². The highest BCUT2D eigenvalue weighted by atomic mass is 19.3. The van der Waals surface area contributed by atoms with Gasteiger partial charge in [-0.05, 0) is 41.0 Å². The molecule has 0 spiro atoms. The van der Waals surface area contributed by atoms with E-state index < -0.39 is 47.6 Å². The van der Waals surface area contributed by atoms with Crippen LogP contribution in [0.1, 0.15) is 41.0 Å². The molecule has 0 aromatic carbocycles. The zero-order valence-corrected chi connectivity index (χ0v) is 15.2. The van der Waals surface area contributed by atoms with E-state index in [2.05, 4.69) is 0 Å². The van der Waals surface area contributed by atoms with Crippen LogP contribution >= 0.6 is 0 Å². The monoisotopic (exact) mass is 364 g/mol. The molecule has 0 aromatic rings. The number of amides is 1. The number of rotatable bonds is 4. The second kappa shape index (κ2) is 6.35. The van der Waals surface area contributed by atoms with E-state index in [1.54, 1.807) is 34.6 Å². The number of carboxylic acid groups (broad SMARTS) is 1. The first-order valence-corrected chi connectivity index (χ1v) is 8.25. The van der Waals surface area contributed by atoms with Gasteiger partial charge in [-0.1, -0.05) is 0 Å². The number of esters is 1. The van der Waals surface area contributed by atoms with E-state index in [1.807, 2.05) is 0 Å². The molecule has 2 unspecified atom stereocenters. The summed E-state index contributed by atoms with van der Waals surface area (Å²) in [6.07, 6.45) is -1.14. The number of hydrogen-bond acceptors (Lipinski definition) is 5. The Bertz CT molecular complexity index is 547. The van der Waals surface area contributed by atoms with Gasteiger partial charge in [0.1, 0.15) is 11.6 Å². The van der Waals surface area contributed by atoms with Crippen LogP contribution in [-0.2, 0) is 14.4 Å². The lowest BCUT2D eigenvalue weighted by atomic mass is 9.89. The summed E-state index contributed by atoms with van der Waals surface area (Å²) in [5, 5.41) is 10.2. The number of fused-ring (bicyclic) bond motifs is 1. The van der Waals surface area contributed by atoms with Crippen molar-refractivity contribution in [1.82, 2.24) is 9.96 Å². The Hall–Kier alpha value is -1.48. The van der Waals surface area contributed by atoms with Gasteiger partial charge in [0.25, 0.3) is 5.92 Å². The maximum atomic E-state index is 14.2. The van der Waals surface area contributed by atoms with Crippen molar-refractivity contribution in [2.45, 2.75) is 64.6 Å². The minimum atomic E-state index is -3.20. The Morgan fingerprint density at radius 3 is 2.40 bits per heavy atom. The lowest BCUT2D eigenvalue weighted by molar-refractivity contribution is -0.188. The van der Waals surface area contributed by atoms with E-state index in [0.717, 1.165) is 9.96 Å². The van der Waals surface area contributed by atoms with Gasteiger partial charge in [0.05, 0.1) is 24.6 Å². The lowest BCUT2D eigenvalue weighted by Gasteiger charge is -2.31. The first-order chi connectivity index (χ1) is 11.2. The molecule has 2 fully saturated rings. The number of nitrogens with zero attached hydrogens (tertiary/aromatic N) is 2. The highest BCUT2D eigenvalue weighted by Gasteiger charge is 2.62. The Kier molecular flexibility index (Phi) is 5.04. The minimum Gasteiger partial charge on any atom is -0.465 e. The molecule has 7 nitrogen and oxygen atoms in total. The van der Waals surface area contributed by atoms with E-state index in [4.69, 9.17) is 14.7 Å². The predicted octanol–water partition coefficient (Wildman–Crippen LogP) is 2.36. The van der Waals surface area contributed by atoms with Crippen molar-refractivity contribution in [3.05, 3.63) is 0 Å². The second-order valence-electron chi connectivity index (χ2n) is 8.26. The molecule has 1 N–H and O–H groups in total. The Balaban J connectivity index is 2.02. The third-order valence-electron chi connectivity index (χ3n) is 4.45. The number of alkyl halides is 2. The summed E-state index contributed by atoms with van der Waals surface area (Å²) in [5.74, 6) is -3.61. The Labute approximate surface area is 145 Å². The van der Waals surface area contributed by atoms with Crippen LogP contribution in [0, 0.1) is 5.41 Å². The van der Waals surface area contributed by atoms with Gasteiger partial charge in [0.2, 0.25) is 0 Å². The van der Waals surface area contributed by atoms with E-state index in [9.17, 15) is 18.4 Å². The molecule has 2 atom stereocenters. The van der Waals surface area contributed by atoms with Gasteiger partial charge in [-0.3, -0.25) is 14.5 Å². The quantitative estimate of drug-likeness (QED) is 0.772. The van der Waals surface area contributed by atoms with Gasteiger partial charge in [-0.25, -0.2) is 13.6 Å². The zero-order valence-electron chi connectivity index (χ0n) is 15.2. The van der Waals surface area contributed by atoms with Gasteiger partial charge in [0, 0.05) is 6.54 Å². The average Bonchev–Trinajstić information content (AvgIpc) is 2.95. The molecule has 0 bridgehead atoms. The molecule has 2 aliphatic heterocycles. The largest absolute Gasteiger partial charge is 0.465 e. The molecule has 2 aliphatic rings. The summed E-state index contributed by atoms with van der Waals surface area (Å²) in [6, 6.07) is -2.24. The number of halogens is 2. The SMILES string of the molecule is CC(C)(C)OC(=O)C(C)(C)CCN1OCC2C1C(F)(F)CN2C(=O)O. The summed E-state index contributed by atoms with van der Waals surface area (Å²) < 4.78 is 33.8. The molecular weight excluding hydrogens is 338 g/mol. The molecule has 2 rings (SSSR count). The van der Waals surface area contributed by atoms with Crippen LogP contribution in [-0.4, -0.2) is 70.4 Å². The number of hydroxylamine groups is 2. The average molecular weight is 364 g/mol. The van der Waals surface area contributed by atoms with E-state index in [0.29, 0.717) is 0 Å². The molecule has 2 saturated heterocycles. The standard InChI is InChI=1S/C16H26F2N2O5/c1-14(2,3)25-12(21)15(4,5)6-7-20-11-10(8-24-20)19(13(22)23)9-16(11,17)18/h10-11H,6-9H2,1-5H3,(H,22,23). The van der Waals surface area contributed by atoms with Crippen LogP contribution in [0.25, 0.3) is 0 Å². The van der Waals surface area contributed by atoms with Crippen molar-refractivity contribution in [3.63, 3.8) is 0 Å². The van der Waals surface area contributed by atoms with Crippen LogP contribution in [0.15, 0.2) is 0 Å². The van der Waals surface area contributed by atoms with Crippen LogP contribution in [0.5, 0.6) is 0 Å². The number of ether oxygens (including phenoxy) is 1. The van der Waals surface area contributed by atoms with Crippen LogP contribution in [0.2, 0.25) is 0 Å². The van der Waals surface area contributed by atoms with E-state index in [-0.39, 0.29) is 19.6 Å². The molecule has 0 aliphatic carbocycles. The van der Waals surface area contributed by atoms with Crippen molar-refractivity contribution in [1.29, 1.82) is 0 Å². The van der Waals surface area contributed by atoms with Crippen molar-refractivity contribution >= 4 is 12.1 Å². The maximum Gasteiger partial charge on any atom is 0.407 e. The summed E-state index contributed by atoms with van der Waals surface area (Å²) in [4.78, 5) is 29.4. The van der Waals surface area contributed by atoms with Gasteiger partial charge in [0.15, 0.2) is 0 Å². The fourth-order valence-electron chi connectivity index (χ4n) is 3.05. The fourth-order valence-corrected chi connectivity index (χ4v) is 3.05. The highest BCUT2D eigenvalue weighted by Crippen LogP contribution is 2.40. The lowest BCUT2D eigenvalue weighted by Crippen LogP contribution is -2.46. The van der Waals surface area contributed by atoms with Crippen LogP contribution in [0.3, 0.4) is 0 Å². The van der Waals surface area contributed by atoms with Crippen molar-refractivity contribution < 1.29 is 33.1 Å². The normalized spacial score (nSPS) is 26.6. The van der Waals surface area contributed by atoms with Crippen molar-refractivity contribution in [2.24, 2.45) is 5.41 Å². The second-order valence-corrected chi connectivity index (χ2v) is 8.26. The van der Waals surface area contributed by atoms with Crippen molar-refractivity contribution in [2.75, 3.05) is 19.7 Å². The Morgan fingerprint density at radius 1 is 1.28 bits per heavy atom. The zero-order chi connectivity index (χ0) is 19.2. The Morgan fingerprint density at radius 2 is 1.88 bits per heavy atom. The number of likely N-dealkylation sites (tertiary alicyclic amines) is 1. The first kappa shape index (κ1) is 19.8. The minimum absolute atomic E-state index is 0.0798. The third kappa shape index (κ3) is 4.20. The summed E-state index contributed by atoms with van der Waals surface area (Å²) in [5.41, 5.74) is -1.51. The maximum absolute atomic E-state index is 14.2. The number of hydrogen-bond donors (Lipinski definition) is 1. The molecule has 25 heavy (non-hydrogen) atoms. The third-order valence-corrected chi connectivity index (χ3v) is 4.45. The molecule has 1 amide bonds. The van der Waals surface area contributed by atoms with E-state index >= 15 is 0 Å². The van der Waals surface area contributed by atoms with E-state index in [1.165, 1.54) is 0 Å². The van der Waals surface area contributed by atoms with Gasteiger partial charge in [-0.2, -0.15) is 5.06 Å². The molecule has 144 valence electrons. The van der Waals surface area contributed by atoms with Crippen LogP contribution in [0.4, 0.5) is 13.6 Å². The number of carbonyl (C=O) groups is 2. The summed E-state index contributed by atoms with van der Waals surface area (Å²) in [6.45, 7) is 7.77. The summed E-state index contributed by atoms with van der Waals surface area (Å²) in [7, 11) is 0. The fraction of sp³-hybridized carbons (Fsp3) is 0.875. The molecule has 0 radical (unpaired) electrons. The molecule has 9 heteroatoms. The number of carbonyl (C=O) groups excluding carboxylic acids is 1.